The second-order valence-electron chi connectivity index (χ2n) is 5.87. The van der Waals surface area contributed by atoms with E-state index in [-0.39, 0.29) is 5.91 Å². The standard InChI is InChI=1S/C15H25N3O/c16-10-5-11-18(14-8-9-14)12-15(19)17-13-6-3-1-2-4-7-13/h13-14H,1-9,11-12H2,(H,17,19). The quantitative estimate of drug-likeness (QED) is 0.747. The van der Waals surface area contributed by atoms with Crippen LogP contribution in [0, 0.1) is 11.3 Å². The largest absolute Gasteiger partial charge is 0.352 e. The number of hydrogen-bond donors (Lipinski definition) is 1. The van der Waals surface area contributed by atoms with Gasteiger partial charge in [0.1, 0.15) is 0 Å². The van der Waals surface area contributed by atoms with E-state index in [1.54, 1.807) is 0 Å². The molecule has 0 unspecified atom stereocenters. The molecule has 2 aliphatic carbocycles. The van der Waals surface area contributed by atoms with Gasteiger partial charge in [-0.05, 0) is 25.7 Å². The van der Waals surface area contributed by atoms with Crippen molar-refractivity contribution in [3.05, 3.63) is 0 Å². The molecule has 19 heavy (non-hydrogen) atoms. The molecular weight excluding hydrogens is 238 g/mol. The first-order valence-electron chi connectivity index (χ1n) is 7.70. The molecule has 0 aromatic carbocycles. The lowest BCUT2D eigenvalue weighted by Gasteiger charge is -2.22. The van der Waals surface area contributed by atoms with Gasteiger partial charge in [0.15, 0.2) is 0 Å². The molecule has 0 radical (unpaired) electrons. The van der Waals surface area contributed by atoms with Crippen molar-refractivity contribution >= 4 is 5.91 Å². The van der Waals surface area contributed by atoms with Crippen LogP contribution in [0.15, 0.2) is 0 Å². The van der Waals surface area contributed by atoms with Crippen molar-refractivity contribution in [2.45, 2.75) is 69.9 Å². The maximum absolute atomic E-state index is 12.1. The van der Waals surface area contributed by atoms with Gasteiger partial charge in [-0.25, -0.2) is 0 Å². The van der Waals surface area contributed by atoms with Crippen LogP contribution in [0.25, 0.3) is 0 Å². The molecule has 0 atom stereocenters. The molecule has 2 aliphatic rings. The van der Waals surface area contributed by atoms with Crippen molar-refractivity contribution in [1.82, 2.24) is 10.2 Å². The van der Waals surface area contributed by atoms with Crippen molar-refractivity contribution in [2.24, 2.45) is 0 Å². The zero-order valence-corrected chi connectivity index (χ0v) is 11.7. The van der Waals surface area contributed by atoms with Crippen LogP contribution in [0.4, 0.5) is 0 Å². The number of rotatable bonds is 6. The smallest absolute Gasteiger partial charge is 0.234 e. The molecule has 0 aromatic heterocycles. The van der Waals surface area contributed by atoms with Gasteiger partial charge in [0.25, 0.3) is 0 Å². The number of carbonyl (C=O) groups is 1. The molecule has 4 nitrogen and oxygen atoms in total. The molecule has 0 bridgehead atoms. The molecule has 0 heterocycles. The zero-order chi connectivity index (χ0) is 13.5. The first kappa shape index (κ1) is 14.3. The fourth-order valence-electron chi connectivity index (χ4n) is 2.91. The van der Waals surface area contributed by atoms with E-state index in [9.17, 15) is 4.79 Å². The number of carbonyl (C=O) groups excluding carboxylic acids is 1. The van der Waals surface area contributed by atoms with Crippen molar-refractivity contribution < 1.29 is 4.79 Å². The highest BCUT2D eigenvalue weighted by Crippen LogP contribution is 2.26. The van der Waals surface area contributed by atoms with Crippen LogP contribution in [-0.4, -0.2) is 36.0 Å². The van der Waals surface area contributed by atoms with E-state index < -0.39 is 0 Å². The van der Waals surface area contributed by atoms with Crippen molar-refractivity contribution in [1.29, 1.82) is 5.26 Å². The van der Waals surface area contributed by atoms with E-state index >= 15 is 0 Å². The summed E-state index contributed by atoms with van der Waals surface area (Å²) in [6.45, 7) is 1.21. The number of nitrogens with zero attached hydrogens (tertiary/aromatic N) is 2. The SMILES string of the molecule is N#CCCN(CC(=O)NC1CCCCCC1)C1CC1. The Hall–Kier alpha value is -1.08. The van der Waals surface area contributed by atoms with Crippen LogP contribution in [0.3, 0.4) is 0 Å². The van der Waals surface area contributed by atoms with Crippen LogP contribution in [-0.2, 0) is 4.79 Å². The molecule has 0 saturated heterocycles. The molecule has 2 saturated carbocycles. The topological polar surface area (TPSA) is 56.1 Å². The van der Waals surface area contributed by atoms with E-state index in [1.165, 1.54) is 38.5 Å². The summed E-state index contributed by atoms with van der Waals surface area (Å²) in [7, 11) is 0. The lowest BCUT2D eigenvalue weighted by Crippen LogP contribution is -2.43. The summed E-state index contributed by atoms with van der Waals surface area (Å²) < 4.78 is 0. The van der Waals surface area contributed by atoms with E-state index in [1.807, 2.05) is 0 Å². The number of nitrogens with one attached hydrogen (secondary N) is 1. The van der Waals surface area contributed by atoms with E-state index in [0.717, 1.165) is 19.4 Å². The zero-order valence-electron chi connectivity index (χ0n) is 11.7. The molecule has 0 aromatic rings. The van der Waals surface area contributed by atoms with Crippen LogP contribution < -0.4 is 5.32 Å². The van der Waals surface area contributed by atoms with Gasteiger partial charge >= 0.3 is 0 Å². The predicted molar refractivity (Wildman–Crippen MR) is 74.5 cm³/mol. The van der Waals surface area contributed by atoms with E-state index in [0.29, 0.717) is 25.0 Å². The van der Waals surface area contributed by atoms with Gasteiger partial charge in [0, 0.05) is 25.0 Å². The minimum Gasteiger partial charge on any atom is -0.352 e. The van der Waals surface area contributed by atoms with E-state index in [2.05, 4.69) is 16.3 Å². The summed E-state index contributed by atoms with van der Waals surface area (Å²) in [6, 6.07) is 3.10. The molecule has 106 valence electrons. The molecule has 0 aliphatic heterocycles. The third kappa shape index (κ3) is 5.20. The average molecular weight is 263 g/mol. The maximum atomic E-state index is 12.1. The Morgan fingerprint density at radius 2 is 1.84 bits per heavy atom. The third-order valence-corrected chi connectivity index (χ3v) is 4.14. The van der Waals surface area contributed by atoms with Crippen molar-refractivity contribution in [2.75, 3.05) is 13.1 Å². The first-order chi connectivity index (χ1) is 9.29. The summed E-state index contributed by atoms with van der Waals surface area (Å²) in [6.07, 6.45) is 10.3. The summed E-state index contributed by atoms with van der Waals surface area (Å²) in [5.74, 6) is 0.150. The second kappa shape index (κ2) is 7.49. The Morgan fingerprint density at radius 3 is 2.42 bits per heavy atom. The van der Waals surface area contributed by atoms with Crippen molar-refractivity contribution in [3.8, 4) is 6.07 Å². The normalized spacial score (nSPS) is 20.8. The van der Waals surface area contributed by atoms with E-state index in [4.69, 9.17) is 5.26 Å². The third-order valence-electron chi connectivity index (χ3n) is 4.14. The van der Waals surface area contributed by atoms with Gasteiger partial charge in [0.05, 0.1) is 12.6 Å². The Labute approximate surface area is 116 Å². The molecule has 2 rings (SSSR count). The highest BCUT2D eigenvalue weighted by atomic mass is 16.2. The van der Waals surface area contributed by atoms with Gasteiger partial charge in [-0.3, -0.25) is 9.69 Å². The van der Waals surface area contributed by atoms with Gasteiger partial charge in [-0.15, -0.1) is 0 Å². The Bertz CT molecular complexity index is 325. The fourth-order valence-corrected chi connectivity index (χ4v) is 2.91. The van der Waals surface area contributed by atoms with Gasteiger partial charge in [-0.1, -0.05) is 25.7 Å². The summed E-state index contributed by atoms with van der Waals surface area (Å²) in [5, 5.41) is 11.9. The number of nitriles is 1. The Kier molecular flexibility index (Phi) is 5.65. The minimum absolute atomic E-state index is 0.150. The molecule has 4 heteroatoms. The fraction of sp³-hybridized carbons (Fsp3) is 0.867. The number of hydrogen-bond acceptors (Lipinski definition) is 3. The second-order valence-corrected chi connectivity index (χ2v) is 5.87. The minimum atomic E-state index is 0.150. The van der Waals surface area contributed by atoms with Crippen molar-refractivity contribution in [3.63, 3.8) is 0 Å². The Morgan fingerprint density at radius 1 is 1.16 bits per heavy atom. The lowest BCUT2D eigenvalue weighted by molar-refractivity contribution is -0.123. The van der Waals surface area contributed by atoms with Crippen LogP contribution >= 0.6 is 0 Å². The monoisotopic (exact) mass is 263 g/mol. The molecule has 0 spiro atoms. The molecule has 1 N–H and O–H groups in total. The molecular formula is C15H25N3O. The molecule has 2 fully saturated rings. The predicted octanol–water partition coefficient (Wildman–Crippen LogP) is 2.20. The highest BCUT2D eigenvalue weighted by molar-refractivity contribution is 5.78. The van der Waals surface area contributed by atoms with Gasteiger partial charge in [0.2, 0.25) is 5.91 Å². The van der Waals surface area contributed by atoms with Gasteiger partial charge in [-0.2, -0.15) is 5.26 Å². The van der Waals surface area contributed by atoms with Crippen LogP contribution in [0.1, 0.15) is 57.8 Å². The van der Waals surface area contributed by atoms with Gasteiger partial charge < -0.3 is 5.32 Å². The Balaban J connectivity index is 1.73. The summed E-state index contributed by atoms with van der Waals surface area (Å²) in [5.41, 5.74) is 0. The summed E-state index contributed by atoms with van der Waals surface area (Å²) >= 11 is 0. The lowest BCUT2D eigenvalue weighted by atomic mass is 10.1. The highest BCUT2D eigenvalue weighted by Gasteiger charge is 2.30. The van der Waals surface area contributed by atoms with Crippen LogP contribution in [0.2, 0.25) is 0 Å². The van der Waals surface area contributed by atoms with Crippen LogP contribution in [0.5, 0.6) is 0 Å². The average Bonchev–Trinajstić information content (AvgIpc) is 3.21. The first-order valence-corrected chi connectivity index (χ1v) is 7.70. The number of amides is 1. The maximum Gasteiger partial charge on any atom is 0.234 e. The summed E-state index contributed by atoms with van der Waals surface area (Å²) in [4.78, 5) is 14.3. The molecule has 1 amide bonds.